The molecular weight excluding hydrogens is 334 g/mol. The fraction of sp³-hybridized carbons (Fsp3) is 0.400. The quantitative estimate of drug-likeness (QED) is 0.807. The zero-order chi connectivity index (χ0) is 19.1. The minimum atomic E-state index is -0.665. The minimum absolute atomic E-state index is 0.0363. The number of nitrogens with two attached hydrogens (primary N) is 1. The van der Waals surface area contributed by atoms with Gasteiger partial charge in [-0.1, -0.05) is 26.0 Å². The molecule has 1 heterocycles. The monoisotopic (exact) mass is 357 g/mol. The van der Waals surface area contributed by atoms with Gasteiger partial charge in [0.15, 0.2) is 5.78 Å². The van der Waals surface area contributed by atoms with Gasteiger partial charge >= 0.3 is 5.97 Å². The number of hydrogen-bond donors (Lipinski definition) is 2. The normalized spacial score (nSPS) is 22.0. The number of carbonyl (C=O) groups is 2. The number of phenolic OH excluding ortho intramolecular Hbond substituents is 1. The summed E-state index contributed by atoms with van der Waals surface area (Å²) in [5, 5.41) is 9.59. The largest absolute Gasteiger partial charge is 0.508 e. The molecule has 0 bridgehead atoms. The summed E-state index contributed by atoms with van der Waals surface area (Å²) < 4.78 is 10.9. The lowest BCUT2D eigenvalue weighted by molar-refractivity contribution is -0.139. The van der Waals surface area contributed by atoms with E-state index in [9.17, 15) is 14.7 Å². The van der Waals surface area contributed by atoms with Gasteiger partial charge in [-0.25, -0.2) is 4.79 Å². The lowest BCUT2D eigenvalue weighted by atomic mass is 9.70. The Morgan fingerprint density at radius 1 is 1.31 bits per heavy atom. The fourth-order valence-electron chi connectivity index (χ4n) is 3.59. The van der Waals surface area contributed by atoms with Crippen LogP contribution in [0.15, 0.2) is 47.1 Å². The molecule has 0 amide bonds. The van der Waals surface area contributed by atoms with E-state index in [-0.39, 0.29) is 35.0 Å². The van der Waals surface area contributed by atoms with E-state index in [1.54, 1.807) is 19.1 Å². The molecule has 1 unspecified atom stereocenters. The number of rotatable bonds is 3. The van der Waals surface area contributed by atoms with Gasteiger partial charge < -0.3 is 20.3 Å². The van der Waals surface area contributed by atoms with E-state index < -0.39 is 11.9 Å². The van der Waals surface area contributed by atoms with Gasteiger partial charge in [-0.15, -0.1) is 0 Å². The molecule has 1 aliphatic heterocycles. The summed E-state index contributed by atoms with van der Waals surface area (Å²) in [6, 6.07) is 6.38. The third kappa shape index (κ3) is 3.19. The number of phenols is 1. The van der Waals surface area contributed by atoms with Gasteiger partial charge in [0, 0.05) is 18.4 Å². The molecule has 1 aliphatic carbocycles. The van der Waals surface area contributed by atoms with Gasteiger partial charge in [0.1, 0.15) is 17.1 Å². The van der Waals surface area contributed by atoms with Gasteiger partial charge in [-0.3, -0.25) is 4.79 Å². The van der Waals surface area contributed by atoms with Crippen LogP contribution in [0.4, 0.5) is 0 Å². The van der Waals surface area contributed by atoms with Crippen LogP contribution in [0.1, 0.15) is 45.1 Å². The van der Waals surface area contributed by atoms with Crippen molar-refractivity contribution in [2.75, 3.05) is 6.61 Å². The second-order valence-corrected chi connectivity index (χ2v) is 7.40. The Hall–Kier alpha value is -2.76. The Labute approximate surface area is 152 Å². The molecule has 6 nitrogen and oxygen atoms in total. The van der Waals surface area contributed by atoms with E-state index >= 15 is 0 Å². The van der Waals surface area contributed by atoms with Crippen LogP contribution in [-0.2, 0) is 19.1 Å². The zero-order valence-corrected chi connectivity index (χ0v) is 15.2. The summed E-state index contributed by atoms with van der Waals surface area (Å²) in [5.41, 5.74) is 7.09. The maximum absolute atomic E-state index is 12.9. The summed E-state index contributed by atoms with van der Waals surface area (Å²) in [7, 11) is 0. The highest BCUT2D eigenvalue weighted by molar-refractivity contribution is 6.03. The summed E-state index contributed by atoms with van der Waals surface area (Å²) in [6.45, 7) is 5.88. The predicted octanol–water partition coefficient (Wildman–Crippen LogP) is 2.88. The highest BCUT2D eigenvalue weighted by atomic mass is 16.5. The van der Waals surface area contributed by atoms with Gasteiger partial charge in [0.2, 0.25) is 5.88 Å². The SMILES string of the molecule is CCOC(=O)C1=C(N)OC2=C(C(=O)CC(C)(C)C2)C1c1ccc(O)cc1. The van der Waals surface area contributed by atoms with Crippen LogP contribution in [0, 0.1) is 5.41 Å². The smallest absolute Gasteiger partial charge is 0.340 e. The molecule has 3 N–H and O–H groups in total. The molecule has 0 aromatic heterocycles. The van der Waals surface area contributed by atoms with Crippen molar-refractivity contribution in [1.29, 1.82) is 0 Å². The molecule has 0 spiro atoms. The number of carbonyl (C=O) groups excluding carboxylic acids is 2. The topological polar surface area (TPSA) is 98.9 Å². The minimum Gasteiger partial charge on any atom is -0.508 e. The van der Waals surface area contributed by atoms with Crippen molar-refractivity contribution in [3.05, 3.63) is 52.6 Å². The molecule has 138 valence electrons. The average molecular weight is 357 g/mol. The molecule has 0 saturated carbocycles. The second-order valence-electron chi connectivity index (χ2n) is 7.40. The second kappa shape index (κ2) is 6.52. The first-order chi connectivity index (χ1) is 12.2. The van der Waals surface area contributed by atoms with E-state index in [1.807, 2.05) is 13.8 Å². The molecule has 3 rings (SSSR count). The zero-order valence-electron chi connectivity index (χ0n) is 15.2. The van der Waals surface area contributed by atoms with Crippen LogP contribution < -0.4 is 5.73 Å². The first-order valence-electron chi connectivity index (χ1n) is 8.63. The Balaban J connectivity index is 2.17. The van der Waals surface area contributed by atoms with E-state index in [1.165, 1.54) is 12.1 Å². The highest BCUT2D eigenvalue weighted by Gasteiger charge is 2.44. The van der Waals surface area contributed by atoms with Crippen molar-refractivity contribution in [3.63, 3.8) is 0 Å². The van der Waals surface area contributed by atoms with E-state index in [0.29, 0.717) is 29.7 Å². The van der Waals surface area contributed by atoms with Crippen molar-refractivity contribution in [2.45, 2.75) is 39.5 Å². The maximum atomic E-state index is 12.9. The molecular formula is C20H23NO5. The number of esters is 1. The first-order valence-corrected chi connectivity index (χ1v) is 8.63. The van der Waals surface area contributed by atoms with Crippen LogP contribution >= 0.6 is 0 Å². The molecule has 6 heteroatoms. The van der Waals surface area contributed by atoms with E-state index in [4.69, 9.17) is 15.2 Å². The van der Waals surface area contributed by atoms with Crippen molar-refractivity contribution >= 4 is 11.8 Å². The van der Waals surface area contributed by atoms with Gasteiger partial charge in [-0.2, -0.15) is 0 Å². The van der Waals surface area contributed by atoms with E-state index in [0.717, 1.165) is 0 Å². The standard InChI is InChI=1S/C20H23NO5/c1-4-25-19(24)17-15(11-5-7-12(22)8-6-11)16-13(23)9-20(2,3)10-14(16)26-18(17)21/h5-8,15,22H,4,9-10,21H2,1-3H3. The lowest BCUT2D eigenvalue weighted by Gasteiger charge is -2.37. The van der Waals surface area contributed by atoms with Gasteiger partial charge in [0.05, 0.1) is 12.5 Å². The Bertz CT molecular complexity index is 817. The van der Waals surface area contributed by atoms with Crippen molar-refractivity contribution in [1.82, 2.24) is 0 Å². The van der Waals surface area contributed by atoms with Crippen LogP contribution in [0.3, 0.4) is 0 Å². The maximum Gasteiger partial charge on any atom is 0.340 e. The Morgan fingerprint density at radius 3 is 2.58 bits per heavy atom. The van der Waals surface area contributed by atoms with Crippen molar-refractivity contribution in [3.8, 4) is 5.75 Å². The van der Waals surface area contributed by atoms with Crippen molar-refractivity contribution < 1.29 is 24.2 Å². The third-order valence-electron chi connectivity index (χ3n) is 4.68. The molecule has 1 aromatic carbocycles. The van der Waals surface area contributed by atoms with Crippen LogP contribution in [0.2, 0.25) is 0 Å². The molecule has 0 fully saturated rings. The third-order valence-corrected chi connectivity index (χ3v) is 4.68. The fourth-order valence-corrected chi connectivity index (χ4v) is 3.59. The van der Waals surface area contributed by atoms with E-state index in [2.05, 4.69) is 0 Å². The number of aromatic hydroxyl groups is 1. The lowest BCUT2D eigenvalue weighted by Crippen LogP contribution is -2.35. The number of allylic oxidation sites excluding steroid dienone is 2. The number of ketones is 1. The van der Waals surface area contributed by atoms with Crippen LogP contribution in [0.25, 0.3) is 0 Å². The average Bonchev–Trinajstić information content (AvgIpc) is 2.53. The summed E-state index contributed by atoms with van der Waals surface area (Å²) in [5.74, 6) is -0.765. The van der Waals surface area contributed by atoms with Crippen LogP contribution in [0.5, 0.6) is 5.75 Å². The number of benzene rings is 1. The predicted molar refractivity (Wildman–Crippen MR) is 94.8 cm³/mol. The Kier molecular flexibility index (Phi) is 4.52. The van der Waals surface area contributed by atoms with Gasteiger partial charge in [0.25, 0.3) is 0 Å². The Morgan fingerprint density at radius 2 is 1.96 bits per heavy atom. The molecule has 0 radical (unpaired) electrons. The number of Topliss-reactive ketones (excluding diaryl/α,β-unsaturated/α-hetero) is 1. The molecule has 2 aliphatic rings. The molecule has 1 atom stereocenters. The van der Waals surface area contributed by atoms with Gasteiger partial charge in [-0.05, 0) is 30.0 Å². The summed E-state index contributed by atoms with van der Waals surface area (Å²) in [6.07, 6.45) is 0.916. The van der Waals surface area contributed by atoms with Crippen molar-refractivity contribution in [2.24, 2.45) is 11.1 Å². The molecule has 1 aromatic rings. The molecule has 0 saturated heterocycles. The number of ether oxygens (including phenoxy) is 2. The summed E-state index contributed by atoms with van der Waals surface area (Å²) in [4.78, 5) is 25.5. The highest BCUT2D eigenvalue weighted by Crippen LogP contribution is 2.48. The molecule has 26 heavy (non-hydrogen) atoms. The first kappa shape index (κ1) is 18.0. The summed E-state index contributed by atoms with van der Waals surface area (Å²) >= 11 is 0. The number of hydrogen-bond acceptors (Lipinski definition) is 6. The van der Waals surface area contributed by atoms with Crippen LogP contribution in [-0.4, -0.2) is 23.5 Å².